The van der Waals surface area contributed by atoms with Gasteiger partial charge in [0.15, 0.2) is 11.6 Å². The van der Waals surface area contributed by atoms with Crippen LogP contribution in [0.25, 0.3) is 10.2 Å². The van der Waals surface area contributed by atoms with Crippen molar-refractivity contribution in [3.8, 4) is 11.5 Å². The molecule has 0 bridgehead atoms. The summed E-state index contributed by atoms with van der Waals surface area (Å²) in [6.45, 7) is 8.83. The molecular weight excluding hydrogens is 545 g/mol. The molecule has 3 aromatic rings. The van der Waals surface area contributed by atoms with E-state index in [4.69, 9.17) is 9.47 Å². The van der Waals surface area contributed by atoms with Crippen LogP contribution in [0, 0.1) is 11.7 Å². The number of halogens is 1. The first-order valence-corrected chi connectivity index (χ1v) is 15.0. The number of ketones is 1. The third-order valence-electron chi connectivity index (χ3n) is 7.28. The highest BCUT2D eigenvalue weighted by molar-refractivity contribution is 7.21. The van der Waals surface area contributed by atoms with Crippen LogP contribution in [-0.2, 0) is 16.0 Å². The van der Waals surface area contributed by atoms with Crippen molar-refractivity contribution in [2.75, 3.05) is 19.6 Å². The van der Waals surface area contributed by atoms with Gasteiger partial charge < -0.3 is 19.3 Å². The molecule has 2 aliphatic rings. The fourth-order valence-electron chi connectivity index (χ4n) is 5.09. The van der Waals surface area contributed by atoms with Crippen LogP contribution in [-0.4, -0.2) is 63.8 Å². The topological polar surface area (TPSA) is 89.0 Å². The molecule has 10 heteroatoms. The van der Waals surface area contributed by atoms with Gasteiger partial charge in [-0.1, -0.05) is 6.07 Å². The fraction of sp³-hybridized carbons (Fsp3) is 0.484. The van der Waals surface area contributed by atoms with E-state index in [1.54, 1.807) is 34.2 Å². The number of hydrogen-bond donors (Lipinski definition) is 0. The molecule has 2 aromatic heterocycles. The number of carbonyl (C=O) groups is 3. The van der Waals surface area contributed by atoms with Crippen molar-refractivity contribution >= 4 is 39.3 Å². The largest absolute Gasteiger partial charge is 0.453 e. The molecule has 1 aliphatic heterocycles. The Morgan fingerprint density at radius 3 is 2.59 bits per heavy atom. The molecule has 8 nitrogen and oxygen atoms in total. The van der Waals surface area contributed by atoms with E-state index in [1.807, 2.05) is 27.7 Å². The summed E-state index contributed by atoms with van der Waals surface area (Å²) in [5.41, 5.74) is 0.613. The second-order valence-electron chi connectivity index (χ2n) is 11.8. The van der Waals surface area contributed by atoms with Gasteiger partial charge in [0.05, 0.1) is 21.1 Å². The number of Topliss-reactive ketones (excluding diaryl/α,β-unsaturated/α-hetero) is 1. The molecule has 0 unspecified atom stereocenters. The third kappa shape index (κ3) is 7.04. The first kappa shape index (κ1) is 29.0. The van der Waals surface area contributed by atoms with E-state index in [2.05, 4.69) is 4.98 Å². The lowest BCUT2D eigenvalue weighted by molar-refractivity contribution is -0.118. The lowest BCUT2D eigenvalue weighted by atomic mass is 10.0. The molecule has 5 rings (SSSR count). The minimum atomic E-state index is -0.595. The second-order valence-corrected chi connectivity index (χ2v) is 12.9. The zero-order valence-electron chi connectivity index (χ0n) is 23.9. The Morgan fingerprint density at radius 2 is 1.90 bits per heavy atom. The number of rotatable bonds is 9. The van der Waals surface area contributed by atoms with Crippen molar-refractivity contribution in [2.45, 2.75) is 71.4 Å². The normalized spacial score (nSPS) is 17.1. The molecule has 218 valence electrons. The van der Waals surface area contributed by atoms with E-state index in [-0.39, 0.29) is 36.0 Å². The van der Waals surface area contributed by atoms with Crippen LogP contribution in [0.4, 0.5) is 9.18 Å². The quantitative estimate of drug-likeness (QED) is 0.283. The number of carbonyl (C=O) groups excluding carboxylic acids is 3. The molecule has 0 N–H and O–H groups in total. The number of nitrogens with zero attached hydrogens (tertiary/aromatic N) is 3. The number of likely N-dealkylation sites (N-methyl/N-ethyl adjacent to an activating group) is 1. The van der Waals surface area contributed by atoms with Crippen molar-refractivity contribution < 1.29 is 28.2 Å². The van der Waals surface area contributed by atoms with E-state index in [0.29, 0.717) is 64.8 Å². The molecule has 0 radical (unpaired) electrons. The monoisotopic (exact) mass is 581 g/mol. The van der Waals surface area contributed by atoms with E-state index in [1.165, 1.54) is 23.5 Å². The highest BCUT2D eigenvalue weighted by Gasteiger charge is 2.35. The maximum absolute atomic E-state index is 14.9. The predicted molar refractivity (Wildman–Crippen MR) is 155 cm³/mol. The minimum Gasteiger partial charge on any atom is -0.453 e. The van der Waals surface area contributed by atoms with Crippen LogP contribution in [0.15, 0.2) is 36.5 Å². The lowest BCUT2D eigenvalue weighted by Crippen LogP contribution is -2.45. The van der Waals surface area contributed by atoms with Gasteiger partial charge in [-0.2, -0.15) is 0 Å². The number of amides is 2. The highest BCUT2D eigenvalue weighted by atomic mass is 32.1. The molecule has 41 heavy (non-hydrogen) atoms. The molecule has 1 aliphatic carbocycles. The van der Waals surface area contributed by atoms with Crippen LogP contribution in [0.2, 0.25) is 0 Å². The average molecular weight is 582 g/mol. The predicted octanol–water partition coefficient (Wildman–Crippen LogP) is 6.61. The summed E-state index contributed by atoms with van der Waals surface area (Å²) in [6, 6.07) is 7.84. The van der Waals surface area contributed by atoms with Gasteiger partial charge in [-0.3, -0.25) is 14.6 Å². The zero-order valence-corrected chi connectivity index (χ0v) is 24.8. The summed E-state index contributed by atoms with van der Waals surface area (Å²) in [7, 11) is 0. The van der Waals surface area contributed by atoms with Crippen molar-refractivity contribution in [3.05, 3.63) is 52.8 Å². The van der Waals surface area contributed by atoms with Gasteiger partial charge in [0.25, 0.3) is 5.91 Å². The fourth-order valence-corrected chi connectivity index (χ4v) is 6.13. The molecule has 0 spiro atoms. The molecule has 1 atom stereocenters. The van der Waals surface area contributed by atoms with Gasteiger partial charge in [0, 0.05) is 44.7 Å². The van der Waals surface area contributed by atoms with Crippen molar-refractivity contribution in [3.63, 3.8) is 0 Å². The van der Waals surface area contributed by atoms with E-state index < -0.39 is 11.4 Å². The second kappa shape index (κ2) is 11.8. The number of ether oxygens (including phenoxy) is 2. The number of likely N-dealkylation sites (tertiary alicyclic amines) is 1. The van der Waals surface area contributed by atoms with Crippen LogP contribution in [0.3, 0.4) is 0 Å². The average Bonchev–Trinajstić information content (AvgIpc) is 3.39. The van der Waals surface area contributed by atoms with E-state index in [9.17, 15) is 18.8 Å². The molecule has 1 aromatic carbocycles. The Hall–Kier alpha value is -3.53. The standard InChI is InChI=1S/C31H36FN3O5S/c1-5-35(30(38)40-31(2,3)4)21-11-13-34(18-21)29(37)27-17-24-28(41-27)26(10-12-33-24)39-25-9-8-20(16-23(25)32)15-22(36)14-19-6-7-19/h8-10,12,16-17,19,21H,5-7,11,13-15,18H2,1-4H3/t21-/m0/s1. The van der Waals surface area contributed by atoms with Crippen LogP contribution in [0.5, 0.6) is 11.5 Å². The summed E-state index contributed by atoms with van der Waals surface area (Å²) in [5.74, 6) is 0.380. The van der Waals surface area contributed by atoms with Crippen LogP contribution >= 0.6 is 11.3 Å². The first-order chi connectivity index (χ1) is 19.5. The zero-order chi connectivity index (χ0) is 29.3. The number of aromatic nitrogens is 1. The summed E-state index contributed by atoms with van der Waals surface area (Å²) in [4.78, 5) is 46.6. The molecule has 3 heterocycles. The maximum atomic E-state index is 14.9. The smallest absolute Gasteiger partial charge is 0.410 e. The molecule has 1 saturated heterocycles. The van der Waals surface area contributed by atoms with Gasteiger partial charge in [-0.25, -0.2) is 9.18 Å². The molecular formula is C31H36FN3O5S. The van der Waals surface area contributed by atoms with Gasteiger partial charge in [-0.05, 0) is 76.6 Å². The van der Waals surface area contributed by atoms with E-state index in [0.717, 1.165) is 12.8 Å². The highest BCUT2D eigenvalue weighted by Crippen LogP contribution is 2.37. The Morgan fingerprint density at radius 1 is 1.12 bits per heavy atom. The molecule has 1 saturated carbocycles. The SMILES string of the molecule is CCN(C(=O)OC(C)(C)C)[C@H]1CCN(C(=O)c2cc3nccc(Oc4ccc(CC(=O)CC5CC5)cc4F)c3s2)C1. The Balaban J connectivity index is 1.27. The summed E-state index contributed by atoms with van der Waals surface area (Å²) >= 11 is 1.25. The molecule has 2 fully saturated rings. The number of thiophene rings is 1. The molecule has 2 amide bonds. The first-order valence-electron chi connectivity index (χ1n) is 14.2. The van der Waals surface area contributed by atoms with Crippen LogP contribution < -0.4 is 4.74 Å². The van der Waals surface area contributed by atoms with Gasteiger partial charge in [-0.15, -0.1) is 11.3 Å². The summed E-state index contributed by atoms with van der Waals surface area (Å²) in [5, 5.41) is 0. The third-order valence-corrected chi connectivity index (χ3v) is 8.40. The van der Waals surface area contributed by atoms with E-state index >= 15 is 0 Å². The van der Waals surface area contributed by atoms with Gasteiger partial charge in [0.1, 0.15) is 17.1 Å². The number of hydrogen-bond acceptors (Lipinski definition) is 7. The lowest BCUT2D eigenvalue weighted by Gasteiger charge is -2.30. The number of pyridine rings is 1. The minimum absolute atomic E-state index is 0.0429. The summed E-state index contributed by atoms with van der Waals surface area (Å²) < 4.78 is 27.1. The van der Waals surface area contributed by atoms with Crippen LogP contribution in [0.1, 0.15) is 68.6 Å². The summed E-state index contributed by atoms with van der Waals surface area (Å²) in [6.07, 6.45) is 4.84. The number of fused-ring (bicyclic) bond motifs is 1. The number of benzene rings is 1. The van der Waals surface area contributed by atoms with Crippen molar-refractivity contribution in [2.24, 2.45) is 5.92 Å². The van der Waals surface area contributed by atoms with Gasteiger partial charge in [0.2, 0.25) is 0 Å². The Labute approximate surface area is 243 Å². The Bertz CT molecular complexity index is 1460. The van der Waals surface area contributed by atoms with Gasteiger partial charge >= 0.3 is 6.09 Å². The maximum Gasteiger partial charge on any atom is 0.410 e. The van der Waals surface area contributed by atoms with Crippen molar-refractivity contribution in [1.29, 1.82) is 0 Å². The van der Waals surface area contributed by atoms with Crippen molar-refractivity contribution in [1.82, 2.24) is 14.8 Å². The Kier molecular flexibility index (Phi) is 8.31.